The molecule has 4 nitrogen and oxygen atoms in total. The van der Waals surface area contributed by atoms with Crippen molar-refractivity contribution in [1.29, 1.82) is 0 Å². The summed E-state index contributed by atoms with van der Waals surface area (Å²) in [6, 6.07) is 8.08. The number of carbonyl (C=O) groups excluding carboxylic acids is 1. The molecule has 1 aliphatic heterocycles. The van der Waals surface area contributed by atoms with Gasteiger partial charge in [0, 0.05) is 5.56 Å². The van der Waals surface area contributed by atoms with Gasteiger partial charge >= 0.3 is 6.18 Å². The third kappa shape index (κ3) is 2.61. The fourth-order valence-electron chi connectivity index (χ4n) is 2.23. The zero-order valence-electron chi connectivity index (χ0n) is 11.3. The third-order valence-corrected chi connectivity index (χ3v) is 3.31. The van der Waals surface area contributed by atoms with Crippen molar-refractivity contribution in [3.8, 4) is 17.0 Å². The molecule has 1 aromatic carbocycles. The average Bonchev–Trinajstić information content (AvgIpc) is 2.53. The van der Waals surface area contributed by atoms with E-state index in [1.807, 2.05) is 0 Å². The van der Waals surface area contributed by atoms with Crippen LogP contribution < -0.4 is 9.64 Å². The molecule has 0 aliphatic carbocycles. The van der Waals surface area contributed by atoms with Crippen LogP contribution >= 0.6 is 0 Å². The predicted octanol–water partition coefficient (Wildman–Crippen LogP) is 3.12. The number of pyridine rings is 1. The van der Waals surface area contributed by atoms with Gasteiger partial charge in [-0.15, -0.1) is 0 Å². The molecule has 0 radical (unpaired) electrons. The van der Waals surface area contributed by atoms with Gasteiger partial charge in [-0.1, -0.05) is 12.1 Å². The van der Waals surface area contributed by atoms with E-state index in [2.05, 4.69) is 4.98 Å². The standard InChI is InChI=1S/C15H11F3N2O2/c16-15(17,18)11-3-1-2-10(8-11)12-4-5-13-14(19-12)20(9-21)6-7-22-13/h1-5,8-9H,6-7H2. The normalized spacial score (nSPS) is 14.2. The zero-order chi connectivity index (χ0) is 15.7. The SMILES string of the molecule is O=CN1CCOc2ccc(-c3cccc(C(F)(F)F)c3)nc21. The minimum Gasteiger partial charge on any atom is -0.488 e. The fraction of sp³-hybridized carbons (Fsp3) is 0.200. The Hall–Kier alpha value is -2.57. The van der Waals surface area contributed by atoms with Crippen LogP contribution in [0.1, 0.15) is 5.56 Å². The molecule has 0 bridgehead atoms. The maximum atomic E-state index is 12.8. The van der Waals surface area contributed by atoms with Crippen molar-refractivity contribution in [1.82, 2.24) is 4.98 Å². The highest BCUT2D eigenvalue weighted by molar-refractivity contribution is 5.78. The van der Waals surface area contributed by atoms with Gasteiger partial charge in [0.2, 0.25) is 6.41 Å². The topological polar surface area (TPSA) is 42.4 Å². The second kappa shape index (κ2) is 5.32. The number of halogens is 3. The van der Waals surface area contributed by atoms with Gasteiger partial charge in [0.05, 0.1) is 17.8 Å². The van der Waals surface area contributed by atoms with E-state index in [0.29, 0.717) is 42.4 Å². The molecule has 1 amide bonds. The molecule has 0 saturated heterocycles. The minimum atomic E-state index is -4.41. The summed E-state index contributed by atoms with van der Waals surface area (Å²) in [6.07, 6.45) is -3.79. The highest BCUT2D eigenvalue weighted by Crippen LogP contribution is 2.34. The first-order chi connectivity index (χ1) is 10.5. The first kappa shape index (κ1) is 14.4. The number of hydrogen-bond donors (Lipinski definition) is 0. The van der Waals surface area contributed by atoms with Crippen molar-refractivity contribution in [2.75, 3.05) is 18.1 Å². The summed E-state index contributed by atoms with van der Waals surface area (Å²) in [7, 11) is 0. The molecule has 0 unspecified atom stereocenters. The fourth-order valence-corrected chi connectivity index (χ4v) is 2.23. The van der Waals surface area contributed by atoms with Crippen LogP contribution in [0.3, 0.4) is 0 Å². The molecule has 0 spiro atoms. The van der Waals surface area contributed by atoms with Crippen LogP contribution in [0.2, 0.25) is 0 Å². The lowest BCUT2D eigenvalue weighted by Gasteiger charge is -2.25. The smallest absolute Gasteiger partial charge is 0.416 e. The Kier molecular flexibility index (Phi) is 3.48. The summed E-state index contributed by atoms with van der Waals surface area (Å²) < 4.78 is 43.7. The van der Waals surface area contributed by atoms with Gasteiger partial charge < -0.3 is 4.74 Å². The second-order valence-corrected chi connectivity index (χ2v) is 4.74. The van der Waals surface area contributed by atoms with Crippen molar-refractivity contribution in [3.05, 3.63) is 42.0 Å². The molecule has 7 heteroatoms. The molecule has 0 N–H and O–H groups in total. The van der Waals surface area contributed by atoms with E-state index in [0.717, 1.165) is 12.1 Å². The van der Waals surface area contributed by atoms with Crippen molar-refractivity contribution in [2.24, 2.45) is 0 Å². The Balaban J connectivity index is 2.04. The second-order valence-electron chi connectivity index (χ2n) is 4.74. The van der Waals surface area contributed by atoms with Crippen LogP contribution in [-0.2, 0) is 11.0 Å². The Morgan fingerprint density at radius 2 is 2.05 bits per heavy atom. The Morgan fingerprint density at radius 3 is 2.77 bits per heavy atom. The van der Waals surface area contributed by atoms with Gasteiger partial charge in [-0.2, -0.15) is 13.2 Å². The van der Waals surface area contributed by atoms with Crippen molar-refractivity contribution in [2.45, 2.75) is 6.18 Å². The highest BCUT2D eigenvalue weighted by Gasteiger charge is 2.30. The number of alkyl halides is 3. The third-order valence-electron chi connectivity index (χ3n) is 3.31. The molecule has 3 rings (SSSR count). The number of carbonyl (C=O) groups is 1. The van der Waals surface area contributed by atoms with Crippen LogP contribution in [-0.4, -0.2) is 24.5 Å². The molecular formula is C15H11F3N2O2. The van der Waals surface area contributed by atoms with Crippen LogP contribution in [0.4, 0.5) is 19.0 Å². The van der Waals surface area contributed by atoms with Gasteiger partial charge in [0.1, 0.15) is 6.61 Å². The molecule has 0 saturated carbocycles. The number of rotatable bonds is 2. The molecule has 2 aromatic rings. The van der Waals surface area contributed by atoms with E-state index in [1.165, 1.54) is 11.0 Å². The van der Waals surface area contributed by atoms with Crippen molar-refractivity contribution >= 4 is 12.2 Å². The lowest BCUT2D eigenvalue weighted by atomic mass is 10.1. The first-order valence-corrected chi connectivity index (χ1v) is 6.52. The number of ether oxygens (including phenoxy) is 1. The van der Waals surface area contributed by atoms with E-state index in [1.54, 1.807) is 18.2 Å². The monoisotopic (exact) mass is 308 g/mol. The molecule has 0 fully saturated rings. The van der Waals surface area contributed by atoms with Gasteiger partial charge in [0.15, 0.2) is 11.6 Å². The number of amides is 1. The van der Waals surface area contributed by atoms with Crippen LogP contribution in [0, 0.1) is 0 Å². The molecule has 1 aromatic heterocycles. The van der Waals surface area contributed by atoms with E-state index < -0.39 is 11.7 Å². The van der Waals surface area contributed by atoms with E-state index in [9.17, 15) is 18.0 Å². The Bertz CT molecular complexity index is 716. The zero-order valence-corrected chi connectivity index (χ0v) is 11.3. The lowest BCUT2D eigenvalue weighted by Crippen LogP contribution is -2.32. The highest BCUT2D eigenvalue weighted by atomic mass is 19.4. The van der Waals surface area contributed by atoms with E-state index in [4.69, 9.17) is 4.74 Å². The number of nitrogens with zero attached hydrogens (tertiary/aromatic N) is 2. The Morgan fingerprint density at radius 1 is 1.23 bits per heavy atom. The first-order valence-electron chi connectivity index (χ1n) is 6.52. The molecule has 0 atom stereocenters. The number of aromatic nitrogens is 1. The number of hydrogen-bond acceptors (Lipinski definition) is 3. The van der Waals surface area contributed by atoms with Crippen molar-refractivity contribution in [3.63, 3.8) is 0 Å². The molecule has 1 aliphatic rings. The maximum Gasteiger partial charge on any atom is 0.416 e. The summed E-state index contributed by atoms with van der Waals surface area (Å²) in [4.78, 5) is 16.7. The quantitative estimate of drug-likeness (QED) is 0.801. The summed E-state index contributed by atoms with van der Waals surface area (Å²) >= 11 is 0. The largest absolute Gasteiger partial charge is 0.488 e. The molecular weight excluding hydrogens is 297 g/mol. The van der Waals surface area contributed by atoms with E-state index >= 15 is 0 Å². The summed E-state index contributed by atoms with van der Waals surface area (Å²) in [5.41, 5.74) is -0.0655. The summed E-state index contributed by atoms with van der Waals surface area (Å²) in [5, 5.41) is 0. The Labute approximate surface area is 124 Å². The summed E-state index contributed by atoms with van der Waals surface area (Å²) in [6.45, 7) is 0.714. The molecule has 114 valence electrons. The molecule has 22 heavy (non-hydrogen) atoms. The maximum absolute atomic E-state index is 12.8. The van der Waals surface area contributed by atoms with Crippen LogP contribution in [0.15, 0.2) is 36.4 Å². The lowest BCUT2D eigenvalue weighted by molar-refractivity contribution is -0.137. The number of benzene rings is 1. The van der Waals surface area contributed by atoms with Gasteiger partial charge in [0.25, 0.3) is 0 Å². The van der Waals surface area contributed by atoms with Crippen LogP contribution in [0.5, 0.6) is 5.75 Å². The van der Waals surface area contributed by atoms with E-state index in [-0.39, 0.29) is 0 Å². The van der Waals surface area contributed by atoms with Gasteiger partial charge in [-0.05, 0) is 24.3 Å². The van der Waals surface area contributed by atoms with Gasteiger partial charge in [-0.3, -0.25) is 9.69 Å². The summed E-state index contributed by atoms with van der Waals surface area (Å²) in [5.74, 6) is 0.755. The average molecular weight is 308 g/mol. The molecule has 2 heterocycles. The van der Waals surface area contributed by atoms with Gasteiger partial charge in [-0.25, -0.2) is 4.98 Å². The number of anilines is 1. The van der Waals surface area contributed by atoms with Crippen molar-refractivity contribution < 1.29 is 22.7 Å². The predicted molar refractivity (Wildman–Crippen MR) is 73.6 cm³/mol. The van der Waals surface area contributed by atoms with Crippen LogP contribution in [0.25, 0.3) is 11.3 Å². The number of fused-ring (bicyclic) bond motifs is 1. The minimum absolute atomic E-state index is 0.316.